The summed E-state index contributed by atoms with van der Waals surface area (Å²) in [6.45, 7) is 4.44. The highest BCUT2D eigenvalue weighted by atomic mass is 32.2. The van der Waals surface area contributed by atoms with Gasteiger partial charge >= 0.3 is 5.88 Å². The van der Waals surface area contributed by atoms with E-state index in [9.17, 15) is 15.3 Å². The minimum atomic E-state index is -0.374. The number of nitrogen functional groups attached to an aromatic ring is 1. The summed E-state index contributed by atoms with van der Waals surface area (Å²) in [4.78, 5) is 18.3. The van der Waals surface area contributed by atoms with Crippen molar-refractivity contribution in [3.05, 3.63) is 47.2 Å². The number of anilines is 2. The van der Waals surface area contributed by atoms with Crippen molar-refractivity contribution in [3.8, 4) is 23.3 Å². The Morgan fingerprint density at radius 2 is 1.94 bits per heavy atom. The van der Waals surface area contributed by atoms with Gasteiger partial charge in [-0.1, -0.05) is 41.6 Å². The lowest BCUT2D eigenvalue weighted by Gasteiger charge is -2.18. The number of benzene rings is 1. The molecular formula is C22H21N8O3S+. The molecular weight excluding hydrogens is 456 g/mol. The predicted octanol–water partition coefficient (Wildman–Crippen LogP) is 1.36. The summed E-state index contributed by atoms with van der Waals surface area (Å²) in [7, 11) is 0. The smallest absolute Gasteiger partial charge is 0.305 e. The van der Waals surface area contributed by atoms with Gasteiger partial charge in [-0.3, -0.25) is 14.6 Å². The second-order valence-electron chi connectivity index (χ2n) is 7.41. The number of ether oxygens (including phenoxy) is 1. The lowest BCUT2D eigenvalue weighted by Crippen LogP contribution is -2.62. The highest BCUT2D eigenvalue weighted by molar-refractivity contribution is 8.00. The Morgan fingerprint density at radius 3 is 2.62 bits per heavy atom. The van der Waals surface area contributed by atoms with Gasteiger partial charge in [-0.05, 0) is 12.5 Å². The number of carbonyl (C=O) groups excluding carboxylic acids is 1. The van der Waals surface area contributed by atoms with E-state index in [2.05, 4.69) is 21.6 Å². The van der Waals surface area contributed by atoms with Crippen LogP contribution in [0.2, 0.25) is 0 Å². The molecule has 1 aliphatic heterocycles. The number of carbonyl (C=O) groups is 1. The molecule has 1 amide bonds. The number of rotatable bonds is 6. The van der Waals surface area contributed by atoms with Crippen LogP contribution in [0, 0.1) is 29.6 Å². The number of aryl methyl sites for hydroxylation is 1. The van der Waals surface area contributed by atoms with Gasteiger partial charge in [0.15, 0.2) is 0 Å². The van der Waals surface area contributed by atoms with Gasteiger partial charge in [0.2, 0.25) is 11.2 Å². The molecule has 0 radical (unpaired) electrons. The third-order valence-electron chi connectivity index (χ3n) is 5.09. The van der Waals surface area contributed by atoms with Gasteiger partial charge in [0.05, 0.1) is 42.4 Å². The van der Waals surface area contributed by atoms with Crippen LogP contribution < -0.4 is 20.9 Å². The number of thioether (sulfide) groups is 1. The normalized spacial score (nSPS) is 13.2. The average Bonchev–Trinajstić information content (AvgIpc) is 3.31. The number of nitrogens with one attached hydrogen (secondary N) is 1. The van der Waals surface area contributed by atoms with E-state index >= 15 is 0 Å². The largest absolute Gasteiger partial charge is 0.383 e. The highest BCUT2D eigenvalue weighted by Crippen LogP contribution is 2.35. The molecule has 0 spiro atoms. The van der Waals surface area contributed by atoms with Gasteiger partial charge < -0.3 is 10.5 Å². The van der Waals surface area contributed by atoms with E-state index in [1.165, 1.54) is 4.79 Å². The van der Waals surface area contributed by atoms with Crippen LogP contribution in [0.1, 0.15) is 16.7 Å². The van der Waals surface area contributed by atoms with E-state index in [1.54, 1.807) is 6.20 Å². The van der Waals surface area contributed by atoms with Crippen molar-refractivity contribution in [1.82, 2.24) is 10.3 Å². The Hall–Kier alpha value is -4.13. The SMILES string of the molecule is Cc1ccc(-c2c(C#N)c(N)nc(SCC(=O)Nc3c[n+](N4CCOCC4)no3)c2C#N)cc1. The molecule has 0 bridgehead atoms. The zero-order chi connectivity index (χ0) is 24.1. The second-order valence-corrected chi connectivity index (χ2v) is 8.37. The van der Waals surface area contributed by atoms with Crippen molar-refractivity contribution in [2.75, 3.05) is 48.1 Å². The van der Waals surface area contributed by atoms with Crippen LogP contribution in [0.4, 0.5) is 11.7 Å². The molecule has 172 valence electrons. The molecule has 34 heavy (non-hydrogen) atoms. The molecule has 1 aromatic carbocycles. The first-order chi connectivity index (χ1) is 16.5. The number of nitrogens with zero attached hydrogens (tertiary/aromatic N) is 6. The van der Waals surface area contributed by atoms with Crippen LogP contribution in [-0.2, 0) is 9.53 Å². The molecule has 0 aliphatic carbocycles. The van der Waals surface area contributed by atoms with E-state index in [0.29, 0.717) is 37.4 Å². The Kier molecular flexibility index (Phi) is 6.92. The first-order valence-electron chi connectivity index (χ1n) is 10.3. The van der Waals surface area contributed by atoms with Crippen LogP contribution in [0.5, 0.6) is 0 Å². The summed E-state index contributed by atoms with van der Waals surface area (Å²) in [5.74, 6) is -0.244. The van der Waals surface area contributed by atoms with Gasteiger partial charge in [0.1, 0.15) is 28.5 Å². The number of hydrogen-bond donors (Lipinski definition) is 2. The summed E-state index contributed by atoms with van der Waals surface area (Å²) < 4.78 is 10.5. The fraction of sp³-hybridized carbons (Fsp3) is 0.273. The first-order valence-corrected chi connectivity index (χ1v) is 11.3. The van der Waals surface area contributed by atoms with Crippen molar-refractivity contribution < 1.29 is 18.8 Å². The average molecular weight is 478 g/mol. The quantitative estimate of drug-likeness (QED) is 0.392. The second kappa shape index (κ2) is 10.2. The zero-order valence-electron chi connectivity index (χ0n) is 18.3. The van der Waals surface area contributed by atoms with Gasteiger partial charge in [-0.25, -0.2) is 4.98 Å². The standard InChI is InChI=1S/C22H20N8O3S/c1-14-2-4-15(5-3-14)20-16(10-23)21(25)27-22(17(20)11-24)34-13-18(31)26-19-12-30(28-33-19)29-6-8-32-9-7-29/h2-5,12H,6-9,13H2,1H3,(H2-,25,26,27,28,31)/p+1. The Balaban J connectivity index is 1.51. The zero-order valence-corrected chi connectivity index (χ0v) is 19.1. The molecule has 4 rings (SSSR count). The van der Waals surface area contributed by atoms with Crippen LogP contribution in [-0.4, -0.2) is 48.2 Å². The molecule has 0 atom stereocenters. The van der Waals surface area contributed by atoms with Gasteiger partial charge in [-0.15, -0.1) is 5.01 Å². The molecule has 3 aromatic rings. The molecule has 12 heteroatoms. The van der Waals surface area contributed by atoms with Crippen molar-refractivity contribution in [2.24, 2.45) is 0 Å². The maximum absolute atomic E-state index is 12.5. The summed E-state index contributed by atoms with van der Waals surface area (Å²) >= 11 is 1.05. The van der Waals surface area contributed by atoms with E-state index in [0.717, 1.165) is 17.3 Å². The van der Waals surface area contributed by atoms with E-state index in [4.69, 9.17) is 15.0 Å². The topological polar surface area (TPSA) is 158 Å². The van der Waals surface area contributed by atoms with Crippen molar-refractivity contribution in [1.29, 1.82) is 10.5 Å². The van der Waals surface area contributed by atoms with Gasteiger partial charge in [0, 0.05) is 5.56 Å². The maximum Gasteiger partial charge on any atom is 0.305 e. The Bertz CT molecular complexity index is 1290. The van der Waals surface area contributed by atoms with Crippen LogP contribution in [0.15, 0.2) is 40.0 Å². The molecule has 0 unspecified atom stereocenters. The third kappa shape index (κ3) is 4.93. The highest BCUT2D eigenvalue weighted by Gasteiger charge is 2.24. The molecule has 3 N–H and O–H groups in total. The number of aromatic nitrogens is 3. The third-order valence-corrected chi connectivity index (χ3v) is 6.07. The Labute approximate surface area is 199 Å². The minimum Gasteiger partial charge on any atom is -0.383 e. The number of nitriles is 2. The number of morpholine rings is 1. The monoisotopic (exact) mass is 477 g/mol. The summed E-state index contributed by atoms with van der Waals surface area (Å²) in [5, 5.41) is 28.2. The number of nitrogens with two attached hydrogens (primary N) is 1. The van der Waals surface area contributed by atoms with Gasteiger partial charge in [0.25, 0.3) is 6.20 Å². The fourth-order valence-electron chi connectivity index (χ4n) is 3.40. The summed E-state index contributed by atoms with van der Waals surface area (Å²) in [5.41, 5.74) is 8.47. The fourth-order valence-corrected chi connectivity index (χ4v) is 4.20. The minimum absolute atomic E-state index is 0.00164. The van der Waals surface area contributed by atoms with Crippen molar-refractivity contribution in [2.45, 2.75) is 11.9 Å². The number of amides is 1. The van der Waals surface area contributed by atoms with Crippen LogP contribution in [0.25, 0.3) is 11.1 Å². The van der Waals surface area contributed by atoms with E-state index < -0.39 is 0 Å². The van der Waals surface area contributed by atoms with Crippen molar-refractivity contribution in [3.63, 3.8) is 0 Å². The molecule has 1 fully saturated rings. The maximum atomic E-state index is 12.5. The Morgan fingerprint density at radius 1 is 1.24 bits per heavy atom. The van der Waals surface area contributed by atoms with Crippen molar-refractivity contribution >= 4 is 29.4 Å². The number of hydrogen-bond acceptors (Lipinski definition) is 10. The summed E-state index contributed by atoms with van der Waals surface area (Å²) in [6, 6.07) is 11.6. The van der Waals surface area contributed by atoms with E-state index in [1.807, 2.05) is 42.3 Å². The molecule has 1 aliphatic rings. The molecule has 3 heterocycles. The van der Waals surface area contributed by atoms with Crippen LogP contribution >= 0.6 is 11.8 Å². The summed E-state index contributed by atoms with van der Waals surface area (Å²) in [6.07, 6.45) is 1.57. The lowest BCUT2D eigenvalue weighted by atomic mass is 9.96. The van der Waals surface area contributed by atoms with E-state index in [-0.39, 0.29) is 39.5 Å². The molecule has 0 saturated carbocycles. The molecule has 1 saturated heterocycles. The first kappa shape index (κ1) is 23.0. The number of pyridine rings is 1. The lowest BCUT2D eigenvalue weighted by molar-refractivity contribution is -0.759. The van der Waals surface area contributed by atoms with Crippen LogP contribution in [0.3, 0.4) is 0 Å². The molecule has 11 nitrogen and oxygen atoms in total. The predicted molar refractivity (Wildman–Crippen MR) is 123 cm³/mol. The molecule has 2 aromatic heterocycles. The van der Waals surface area contributed by atoms with Gasteiger partial charge in [-0.2, -0.15) is 10.5 Å².